The smallest absolute Gasteiger partial charge is 0.0434 e. The van der Waals surface area contributed by atoms with Crippen LogP contribution in [0, 0.1) is 0 Å². The average Bonchev–Trinajstić information content (AvgIpc) is 3.47. The second kappa shape index (κ2) is 11.1. The van der Waals surface area contributed by atoms with Gasteiger partial charge in [-0.15, -0.1) is 11.3 Å². The molecular weight excluding hydrogens is 549 g/mol. The zero-order chi connectivity index (χ0) is 29.5. The fourth-order valence-corrected chi connectivity index (χ4v) is 7.94. The van der Waals surface area contributed by atoms with Crippen molar-refractivity contribution in [1.29, 1.82) is 0 Å². The maximum atomic E-state index is 2.30. The monoisotopic (exact) mass is 578 g/mol. The third-order valence-corrected chi connectivity index (χ3v) is 9.85. The summed E-state index contributed by atoms with van der Waals surface area (Å²) >= 11 is 1.90. The molecule has 0 aliphatic carbocycles. The first-order valence-electron chi connectivity index (χ1n) is 15.1. The van der Waals surface area contributed by atoms with Crippen molar-refractivity contribution in [1.82, 2.24) is 0 Å². The summed E-state index contributed by atoms with van der Waals surface area (Å²) < 4.78 is 2.68. The molecule has 1 heterocycles. The SMILES string of the molecule is C\C=C/C(=C\C=C\c1c2ccccc2c(-c2cccc3c2sc2ccccc23)c2ccccc12)c1cccc2ccccc12. The van der Waals surface area contributed by atoms with Gasteiger partial charge in [-0.1, -0.05) is 158 Å². The molecule has 8 rings (SSSR count). The van der Waals surface area contributed by atoms with Gasteiger partial charge in [-0.2, -0.15) is 0 Å². The van der Waals surface area contributed by atoms with Crippen LogP contribution in [0.25, 0.3) is 75.3 Å². The first-order valence-corrected chi connectivity index (χ1v) is 16.0. The molecule has 208 valence electrons. The highest BCUT2D eigenvalue weighted by Crippen LogP contribution is 2.45. The van der Waals surface area contributed by atoms with Crippen LogP contribution in [0.15, 0.2) is 158 Å². The minimum atomic E-state index is 1.20. The van der Waals surface area contributed by atoms with Crippen molar-refractivity contribution >= 4 is 75.5 Å². The second-order valence-electron chi connectivity index (χ2n) is 11.2. The largest absolute Gasteiger partial charge is 0.135 e. The van der Waals surface area contributed by atoms with Gasteiger partial charge in [0.15, 0.2) is 0 Å². The highest BCUT2D eigenvalue weighted by molar-refractivity contribution is 7.26. The summed E-state index contributed by atoms with van der Waals surface area (Å²) in [6, 6.07) is 48.5. The summed E-state index contributed by atoms with van der Waals surface area (Å²) in [6.07, 6.45) is 11.1. The number of hydrogen-bond donors (Lipinski definition) is 0. The Morgan fingerprint density at radius 2 is 1.14 bits per heavy atom. The summed E-state index contributed by atoms with van der Waals surface area (Å²) in [4.78, 5) is 0. The molecule has 7 aromatic carbocycles. The quantitative estimate of drug-likeness (QED) is 0.141. The number of rotatable bonds is 5. The minimum absolute atomic E-state index is 1.20. The molecule has 0 radical (unpaired) electrons. The molecule has 0 spiro atoms. The van der Waals surface area contributed by atoms with E-state index in [4.69, 9.17) is 0 Å². The van der Waals surface area contributed by atoms with Gasteiger partial charge in [-0.25, -0.2) is 0 Å². The first-order chi connectivity index (χ1) is 21.8. The molecule has 0 bridgehead atoms. The molecular formula is C43H30S. The molecule has 0 atom stereocenters. The van der Waals surface area contributed by atoms with Crippen molar-refractivity contribution < 1.29 is 0 Å². The van der Waals surface area contributed by atoms with Gasteiger partial charge in [0.2, 0.25) is 0 Å². The van der Waals surface area contributed by atoms with Gasteiger partial charge in [-0.3, -0.25) is 0 Å². The minimum Gasteiger partial charge on any atom is -0.135 e. The van der Waals surface area contributed by atoms with Gasteiger partial charge in [0, 0.05) is 25.7 Å². The van der Waals surface area contributed by atoms with Crippen molar-refractivity contribution in [3.05, 3.63) is 169 Å². The Morgan fingerprint density at radius 3 is 1.89 bits per heavy atom. The van der Waals surface area contributed by atoms with Gasteiger partial charge in [0.05, 0.1) is 0 Å². The van der Waals surface area contributed by atoms with E-state index in [9.17, 15) is 0 Å². The van der Waals surface area contributed by atoms with E-state index in [1.54, 1.807) is 0 Å². The summed E-state index contributed by atoms with van der Waals surface area (Å²) in [5.41, 5.74) is 6.30. The van der Waals surface area contributed by atoms with Crippen LogP contribution in [-0.2, 0) is 0 Å². The van der Waals surface area contributed by atoms with Crippen LogP contribution in [0.2, 0.25) is 0 Å². The molecule has 1 aromatic heterocycles. The Hall–Kier alpha value is -5.24. The van der Waals surface area contributed by atoms with Crippen LogP contribution in [0.5, 0.6) is 0 Å². The standard InChI is InChI=1S/C43H30S/c1-2-14-29(32-24-11-17-30-15-3-4-18-31(30)32)16-12-25-33-34-19-5-7-22-37(34)42(38-23-8-6-20-35(33)38)40-27-13-26-39-36-21-9-10-28-41(36)44-43(39)40/h2-28H,1H3/b14-2-,25-12+,29-16+. The van der Waals surface area contributed by atoms with Crippen molar-refractivity contribution in [2.45, 2.75) is 6.92 Å². The van der Waals surface area contributed by atoms with Crippen LogP contribution in [0.1, 0.15) is 18.1 Å². The highest BCUT2D eigenvalue weighted by Gasteiger charge is 2.17. The molecule has 0 fully saturated rings. The number of hydrogen-bond acceptors (Lipinski definition) is 1. The van der Waals surface area contributed by atoms with Crippen molar-refractivity contribution in [2.24, 2.45) is 0 Å². The Balaban J connectivity index is 1.35. The number of fused-ring (bicyclic) bond motifs is 6. The highest BCUT2D eigenvalue weighted by atomic mass is 32.1. The number of allylic oxidation sites excluding steroid dienone is 5. The van der Waals surface area contributed by atoms with E-state index < -0.39 is 0 Å². The fourth-order valence-electron chi connectivity index (χ4n) is 6.72. The molecule has 1 heteroatoms. The fraction of sp³-hybridized carbons (Fsp3) is 0.0233. The Labute approximate surface area is 261 Å². The Bertz CT molecular complexity index is 2390. The topological polar surface area (TPSA) is 0 Å². The summed E-state index contributed by atoms with van der Waals surface area (Å²) in [5, 5.41) is 10.3. The average molecular weight is 579 g/mol. The number of benzene rings is 7. The number of thiophene rings is 1. The second-order valence-corrected chi connectivity index (χ2v) is 12.2. The maximum Gasteiger partial charge on any atom is 0.0434 e. The van der Waals surface area contributed by atoms with E-state index in [2.05, 4.69) is 171 Å². The molecule has 0 saturated carbocycles. The van der Waals surface area contributed by atoms with Crippen LogP contribution in [0.3, 0.4) is 0 Å². The lowest BCUT2D eigenvalue weighted by Gasteiger charge is -2.16. The van der Waals surface area contributed by atoms with Crippen molar-refractivity contribution in [2.75, 3.05) is 0 Å². The third-order valence-electron chi connectivity index (χ3n) is 8.63. The molecule has 0 nitrogen and oxygen atoms in total. The van der Waals surface area contributed by atoms with Gasteiger partial charge in [-0.05, 0) is 67.6 Å². The Kier molecular flexibility index (Phi) is 6.67. The van der Waals surface area contributed by atoms with Gasteiger partial charge < -0.3 is 0 Å². The van der Waals surface area contributed by atoms with Gasteiger partial charge in [0.1, 0.15) is 0 Å². The molecule has 8 aromatic rings. The zero-order valence-corrected chi connectivity index (χ0v) is 25.3. The zero-order valence-electron chi connectivity index (χ0n) is 24.5. The lowest BCUT2D eigenvalue weighted by atomic mass is 9.88. The maximum absolute atomic E-state index is 2.30. The van der Waals surface area contributed by atoms with Crippen LogP contribution >= 0.6 is 11.3 Å². The lowest BCUT2D eigenvalue weighted by molar-refractivity contribution is 1.65. The summed E-state index contributed by atoms with van der Waals surface area (Å²) in [5.74, 6) is 0. The van der Waals surface area contributed by atoms with Crippen LogP contribution in [-0.4, -0.2) is 0 Å². The summed E-state index contributed by atoms with van der Waals surface area (Å²) in [7, 11) is 0. The van der Waals surface area contributed by atoms with E-state index in [1.165, 1.54) is 80.3 Å². The molecule has 0 amide bonds. The van der Waals surface area contributed by atoms with E-state index in [1.807, 2.05) is 11.3 Å². The molecule has 0 saturated heterocycles. The van der Waals surface area contributed by atoms with Crippen LogP contribution < -0.4 is 0 Å². The summed E-state index contributed by atoms with van der Waals surface area (Å²) in [6.45, 7) is 2.08. The third kappa shape index (κ3) is 4.37. The predicted octanol–water partition coefficient (Wildman–Crippen LogP) is 12.9. The van der Waals surface area contributed by atoms with Gasteiger partial charge >= 0.3 is 0 Å². The van der Waals surface area contributed by atoms with Crippen LogP contribution in [0.4, 0.5) is 0 Å². The molecule has 0 aliphatic heterocycles. The van der Waals surface area contributed by atoms with E-state index in [-0.39, 0.29) is 0 Å². The van der Waals surface area contributed by atoms with Gasteiger partial charge in [0.25, 0.3) is 0 Å². The van der Waals surface area contributed by atoms with Crippen molar-refractivity contribution in [3.8, 4) is 11.1 Å². The molecule has 0 aliphatic rings. The van der Waals surface area contributed by atoms with E-state index >= 15 is 0 Å². The first kappa shape index (κ1) is 26.4. The lowest BCUT2D eigenvalue weighted by Crippen LogP contribution is -1.90. The molecule has 0 unspecified atom stereocenters. The normalized spacial score (nSPS) is 12.6. The van der Waals surface area contributed by atoms with E-state index in [0.29, 0.717) is 0 Å². The predicted molar refractivity (Wildman–Crippen MR) is 196 cm³/mol. The van der Waals surface area contributed by atoms with Crippen molar-refractivity contribution in [3.63, 3.8) is 0 Å². The molecule has 44 heavy (non-hydrogen) atoms. The Morgan fingerprint density at radius 1 is 0.545 bits per heavy atom. The molecule has 0 N–H and O–H groups in total. The van der Waals surface area contributed by atoms with E-state index in [0.717, 1.165) is 0 Å².